The van der Waals surface area contributed by atoms with Crippen molar-refractivity contribution < 1.29 is 14.7 Å². The van der Waals surface area contributed by atoms with Gasteiger partial charge in [-0.2, -0.15) is 0 Å². The molecule has 1 aliphatic rings. The number of carboxylic acid groups (broad SMARTS) is 1. The molecule has 0 saturated heterocycles. The molecular formula is C13H22N2O3. The van der Waals surface area contributed by atoms with E-state index in [9.17, 15) is 9.59 Å². The van der Waals surface area contributed by atoms with Gasteiger partial charge in [0, 0.05) is 12.6 Å². The van der Waals surface area contributed by atoms with Gasteiger partial charge in [-0.15, -0.1) is 6.58 Å². The first-order valence-corrected chi connectivity index (χ1v) is 6.51. The van der Waals surface area contributed by atoms with Crippen LogP contribution in [0, 0.1) is 5.92 Å². The SMILES string of the molecule is C=CCCCNC(=O)NC1CCC(C(=O)O)CC1. The number of hydrogen-bond donors (Lipinski definition) is 3. The van der Waals surface area contributed by atoms with Crippen molar-refractivity contribution in [1.82, 2.24) is 10.6 Å². The molecule has 0 radical (unpaired) electrons. The highest BCUT2D eigenvalue weighted by Gasteiger charge is 2.26. The van der Waals surface area contributed by atoms with E-state index < -0.39 is 5.97 Å². The second-order valence-electron chi connectivity index (χ2n) is 4.72. The molecule has 5 nitrogen and oxygen atoms in total. The van der Waals surface area contributed by atoms with E-state index in [1.165, 1.54) is 0 Å². The molecule has 0 aromatic heterocycles. The fourth-order valence-electron chi connectivity index (χ4n) is 2.17. The maximum Gasteiger partial charge on any atom is 0.315 e. The van der Waals surface area contributed by atoms with Gasteiger partial charge in [0.15, 0.2) is 0 Å². The Hall–Kier alpha value is -1.52. The summed E-state index contributed by atoms with van der Waals surface area (Å²) >= 11 is 0. The number of hydrogen-bond acceptors (Lipinski definition) is 2. The molecule has 0 bridgehead atoms. The predicted octanol–water partition coefficient (Wildman–Crippen LogP) is 1.90. The van der Waals surface area contributed by atoms with Crippen LogP contribution in [-0.4, -0.2) is 29.7 Å². The standard InChI is InChI=1S/C13H22N2O3/c1-2-3-4-9-14-13(18)15-11-7-5-10(6-8-11)12(16)17/h2,10-11H,1,3-9H2,(H,16,17)(H2,14,15,18). The number of amides is 2. The molecule has 5 heteroatoms. The topological polar surface area (TPSA) is 78.4 Å². The Morgan fingerprint density at radius 3 is 2.50 bits per heavy atom. The van der Waals surface area contributed by atoms with Gasteiger partial charge in [0.05, 0.1) is 5.92 Å². The number of urea groups is 1. The van der Waals surface area contributed by atoms with Crippen LogP contribution in [0.25, 0.3) is 0 Å². The van der Waals surface area contributed by atoms with Crippen molar-refractivity contribution in [2.75, 3.05) is 6.54 Å². The Kier molecular flexibility index (Phi) is 6.25. The number of allylic oxidation sites excluding steroid dienone is 1. The summed E-state index contributed by atoms with van der Waals surface area (Å²) in [4.78, 5) is 22.3. The van der Waals surface area contributed by atoms with Gasteiger partial charge in [-0.3, -0.25) is 4.79 Å². The van der Waals surface area contributed by atoms with Crippen molar-refractivity contribution in [1.29, 1.82) is 0 Å². The van der Waals surface area contributed by atoms with Crippen LogP contribution in [0.1, 0.15) is 38.5 Å². The van der Waals surface area contributed by atoms with E-state index in [1.54, 1.807) is 0 Å². The number of nitrogens with one attached hydrogen (secondary N) is 2. The molecule has 0 spiro atoms. The third-order valence-electron chi connectivity index (χ3n) is 3.28. The number of carbonyl (C=O) groups excluding carboxylic acids is 1. The number of unbranched alkanes of at least 4 members (excludes halogenated alkanes) is 1. The van der Waals surface area contributed by atoms with E-state index in [2.05, 4.69) is 17.2 Å². The predicted molar refractivity (Wildman–Crippen MR) is 69.3 cm³/mol. The average Bonchev–Trinajstić information content (AvgIpc) is 2.35. The summed E-state index contributed by atoms with van der Waals surface area (Å²) < 4.78 is 0. The van der Waals surface area contributed by atoms with Crippen LogP contribution in [0.5, 0.6) is 0 Å². The van der Waals surface area contributed by atoms with Crippen molar-refractivity contribution in [2.45, 2.75) is 44.6 Å². The van der Waals surface area contributed by atoms with Gasteiger partial charge in [-0.25, -0.2) is 4.79 Å². The van der Waals surface area contributed by atoms with E-state index in [1.807, 2.05) is 6.08 Å². The molecule has 1 fully saturated rings. The fourth-order valence-corrected chi connectivity index (χ4v) is 2.17. The quantitative estimate of drug-likeness (QED) is 0.500. The summed E-state index contributed by atoms with van der Waals surface area (Å²) in [5.41, 5.74) is 0. The molecule has 0 aromatic carbocycles. The Balaban J connectivity index is 2.14. The first kappa shape index (κ1) is 14.5. The lowest BCUT2D eigenvalue weighted by Crippen LogP contribution is -2.44. The minimum Gasteiger partial charge on any atom is -0.481 e. The molecule has 3 N–H and O–H groups in total. The summed E-state index contributed by atoms with van der Waals surface area (Å²) in [5.74, 6) is -0.957. The van der Waals surface area contributed by atoms with Crippen molar-refractivity contribution in [3.63, 3.8) is 0 Å². The monoisotopic (exact) mass is 254 g/mol. The van der Waals surface area contributed by atoms with E-state index in [-0.39, 0.29) is 18.0 Å². The lowest BCUT2D eigenvalue weighted by Gasteiger charge is -2.26. The summed E-state index contributed by atoms with van der Waals surface area (Å²) in [6.07, 6.45) is 6.40. The number of rotatable bonds is 6. The van der Waals surface area contributed by atoms with Crippen LogP contribution >= 0.6 is 0 Å². The number of carboxylic acids is 1. The summed E-state index contributed by atoms with van der Waals surface area (Å²) in [6.45, 7) is 4.26. The molecule has 0 heterocycles. The minimum absolute atomic E-state index is 0.111. The minimum atomic E-state index is -0.720. The molecule has 2 amide bonds. The van der Waals surface area contributed by atoms with E-state index in [0.29, 0.717) is 19.4 Å². The zero-order valence-corrected chi connectivity index (χ0v) is 10.7. The van der Waals surface area contributed by atoms with Crippen molar-refractivity contribution in [2.24, 2.45) is 5.92 Å². The molecule has 1 saturated carbocycles. The average molecular weight is 254 g/mol. The van der Waals surface area contributed by atoms with Crippen LogP contribution in [0.15, 0.2) is 12.7 Å². The summed E-state index contributed by atoms with van der Waals surface area (Å²) in [5, 5.41) is 14.5. The lowest BCUT2D eigenvalue weighted by molar-refractivity contribution is -0.142. The zero-order chi connectivity index (χ0) is 13.4. The molecule has 102 valence electrons. The molecule has 18 heavy (non-hydrogen) atoms. The van der Waals surface area contributed by atoms with Crippen molar-refractivity contribution in [3.05, 3.63) is 12.7 Å². The van der Waals surface area contributed by atoms with Crippen molar-refractivity contribution >= 4 is 12.0 Å². The smallest absolute Gasteiger partial charge is 0.315 e. The van der Waals surface area contributed by atoms with Gasteiger partial charge < -0.3 is 15.7 Å². The van der Waals surface area contributed by atoms with Crippen LogP contribution in [0.3, 0.4) is 0 Å². The van der Waals surface area contributed by atoms with Crippen LogP contribution in [0.4, 0.5) is 4.79 Å². The first-order chi connectivity index (χ1) is 8.63. The number of aliphatic carboxylic acids is 1. The van der Waals surface area contributed by atoms with Gasteiger partial charge in [0.2, 0.25) is 0 Å². The van der Waals surface area contributed by atoms with E-state index >= 15 is 0 Å². The van der Waals surface area contributed by atoms with Crippen LogP contribution in [0.2, 0.25) is 0 Å². The Labute approximate surface area is 108 Å². The first-order valence-electron chi connectivity index (χ1n) is 6.51. The van der Waals surface area contributed by atoms with E-state index in [0.717, 1.165) is 25.7 Å². The maximum atomic E-state index is 11.5. The maximum absolute atomic E-state index is 11.5. The number of carbonyl (C=O) groups is 2. The Bertz CT molecular complexity index is 297. The Morgan fingerprint density at radius 2 is 1.94 bits per heavy atom. The second-order valence-corrected chi connectivity index (χ2v) is 4.72. The van der Waals surface area contributed by atoms with Gasteiger partial charge >= 0.3 is 12.0 Å². The zero-order valence-electron chi connectivity index (χ0n) is 10.7. The van der Waals surface area contributed by atoms with Crippen molar-refractivity contribution in [3.8, 4) is 0 Å². The van der Waals surface area contributed by atoms with Crippen LogP contribution < -0.4 is 10.6 Å². The second kappa shape index (κ2) is 7.74. The highest BCUT2D eigenvalue weighted by molar-refractivity contribution is 5.74. The van der Waals surface area contributed by atoms with Gasteiger partial charge in [0.25, 0.3) is 0 Å². The fraction of sp³-hybridized carbons (Fsp3) is 0.692. The molecule has 1 rings (SSSR count). The normalized spacial score (nSPS) is 23.1. The van der Waals surface area contributed by atoms with Gasteiger partial charge in [-0.1, -0.05) is 6.08 Å². The van der Waals surface area contributed by atoms with Crippen LogP contribution in [-0.2, 0) is 4.79 Å². The molecule has 0 atom stereocenters. The molecule has 0 unspecified atom stereocenters. The van der Waals surface area contributed by atoms with Gasteiger partial charge in [-0.05, 0) is 38.5 Å². The lowest BCUT2D eigenvalue weighted by atomic mass is 9.86. The molecule has 0 aliphatic heterocycles. The molecular weight excluding hydrogens is 232 g/mol. The van der Waals surface area contributed by atoms with E-state index in [4.69, 9.17) is 5.11 Å². The third kappa shape index (κ3) is 5.21. The molecule has 0 aromatic rings. The highest BCUT2D eigenvalue weighted by Crippen LogP contribution is 2.24. The Morgan fingerprint density at radius 1 is 1.28 bits per heavy atom. The van der Waals surface area contributed by atoms with Gasteiger partial charge in [0.1, 0.15) is 0 Å². The molecule has 1 aliphatic carbocycles. The summed E-state index contributed by atoms with van der Waals surface area (Å²) in [7, 11) is 0. The largest absolute Gasteiger partial charge is 0.481 e. The summed E-state index contributed by atoms with van der Waals surface area (Å²) in [6, 6.07) is -0.0437. The third-order valence-corrected chi connectivity index (χ3v) is 3.28. The highest BCUT2D eigenvalue weighted by atomic mass is 16.4.